The Bertz CT molecular complexity index is 1350. The van der Waals surface area contributed by atoms with Crippen LogP contribution in [-0.2, 0) is 26.2 Å². The van der Waals surface area contributed by atoms with Crippen molar-refractivity contribution in [3.63, 3.8) is 0 Å². The quantitative estimate of drug-likeness (QED) is 0.362. The van der Waals surface area contributed by atoms with Crippen LogP contribution < -0.4 is 22.3 Å². The van der Waals surface area contributed by atoms with Crippen LogP contribution in [0, 0.1) is 0 Å². The molecule has 4 rings (SSSR count). The minimum absolute atomic E-state index is 0.314. The molecule has 0 saturated carbocycles. The van der Waals surface area contributed by atoms with E-state index in [2.05, 4.69) is 20.3 Å². The Kier molecular flexibility index (Phi) is 6.69. The van der Waals surface area contributed by atoms with E-state index in [1.54, 1.807) is 10.8 Å². The van der Waals surface area contributed by atoms with E-state index in [0.717, 1.165) is 28.9 Å². The first-order valence-electron chi connectivity index (χ1n) is 11.3. The Morgan fingerprint density at radius 2 is 1.67 bits per heavy atom. The molecule has 0 fully saturated rings. The number of anilines is 1. The summed E-state index contributed by atoms with van der Waals surface area (Å²) in [6, 6.07) is 11.9. The molecule has 0 atom stereocenters. The van der Waals surface area contributed by atoms with Crippen LogP contribution in [0.15, 0.2) is 52.2 Å². The van der Waals surface area contributed by atoms with Crippen molar-refractivity contribution in [2.24, 2.45) is 5.73 Å². The van der Waals surface area contributed by atoms with Crippen LogP contribution >= 0.6 is 0 Å². The number of fused-ring (bicyclic) bond motifs is 1. The van der Waals surface area contributed by atoms with E-state index < -0.39 is 0 Å². The molecule has 0 radical (unpaired) electrons. The summed E-state index contributed by atoms with van der Waals surface area (Å²) in [6.45, 7) is 5.97. The summed E-state index contributed by atoms with van der Waals surface area (Å²) in [5, 5.41) is 3.30. The molecule has 172 valence electrons. The molecule has 3 heterocycles. The molecule has 0 unspecified atom stereocenters. The highest BCUT2D eigenvalue weighted by molar-refractivity contribution is 5.75. The molecule has 4 aromatic rings. The molecule has 3 aromatic heterocycles. The highest BCUT2D eigenvalue weighted by Crippen LogP contribution is 2.19. The summed E-state index contributed by atoms with van der Waals surface area (Å²) in [6.07, 6.45) is 3.16. The number of hydrogen-bond acceptors (Lipinski definition) is 6. The SMILES string of the molecule is CCCn1c(=O)c2[nH]c(-c3ccc(NCc4ccc(CN)cc4)nc3)nc2n(CCC)c1=O. The number of aromatic amines is 1. The molecule has 0 aliphatic heterocycles. The largest absolute Gasteiger partial charge is 0.366 e. The van der Waals surface area contributed by atoms with Crippen molar-refractivity contribution in [2.75, 3.05) is 5.32 Å². The average Bonchev–Trinajstić information content (AvgIpc) is 3.29. The predicted molar refractivity (Wildman–Crippen MR) is 130 cm³/mol. The van der Waals surface area contributed by atoms with Gasteiger partial charge in [0.25, 0.3) is 5.56 Å². The Morgan fingerprint density at radius 3 is 2.30 bits per heavy atom. The zero-order valence-electron chi connectivity index (χ0n) is 19.0. The standard InChI is InChI=1S/C24H29N7O2/c1-3-11-30-22-20(23(32)31(12-4-2)24(30)33)28-21(29-22)18-9-10-19(27-15-18)26-14-17-7-5-16(13-25)6-8-17/h5-10,15H,3-4,11-14,25H2,1-2H3,(H,26,27)(H,28,29). The maximum atomic E-state index is 12.9. The van der Waals surface area contributed by atoms with Crippen molar-refractivity contribution in [3.8, 4) is 11.4 Å². The number of rotatable bonds is 9. The van der Waals surface area contributed by atoms with Crippen LogP contribution in [0.1, 0.15) is 37.8 Å². The minimum atomic E-state index is -0.338. The number of nitrogens with one attached hydrogen (secondary N) is 2. The summed E-state index contributed by atoms with van der Waals surface area (Å²) in [4.78, 5) is 37.9. The topological polar surface area (TPSA) is 124 Å². The van der Waals surface area contributed by atoms with E-state index in [9.17, 15) is 9.59 Å². The van der Waals surface area contributed by atoms with E-state index in [0.29, 0.717) is 49.6 Å². The predicted octanol–water partition coefficient (Wildman–Crippen LogP) is 2.84. The third kappa shape index (κ3) is 4.58. The van der Waals surface area contributed by atoms with Gasteiger partial charge in [-0.15, -0.1) is 0 Å². The third-order valence-corrected chi connectivity index (χ3v) is 5.52. The monoisotopic (exact) mass is 447 g/mol. The van der Waals surface area contributed by atoms with Crippen molar-refractivity contribution >= 4 is 17.0 Å². The molecule has 4 N–H and O–H groups in total. The van der Waals surface area contributed by atoms with Gasteiger partial charge < -0.3 is 16.0 Å². The second-order valence-electron chi connectivity index (χ2n) is 7.98. The summed E-state index contributed by atoms with van der Waals surface area (Å²) in [5.41, 5.74) is 8.68. The van der Waals surface area contributed by atoms with Crippen molar-refractivity contribution in [2.45, 2.75) is 52.9 Å². The van der Waals surface area contributed by atoms with E-state index >= 15 is 0 Å². The summed E-state index contributed by atoms with van der Waals surface area (Å²) < 4.78 is 2.86. The Morgan fingerprint density at radius 1 is 0.970 bits per heavy atom. The first-order valence-corrected chi connectivity index (χ1v) is 11.3. The molecule has 9 heteroatoms. The maximum absolute atomic E-state index is 12.9. The zero-order chi connectivity index (χ0) is 23.4. The highest BCUT2D eigenvalue weighted by Gasteiger charge is 2.17. The van der Waals surface area contributed by atoms with Gasteiger partial charge in [0.05, 0.1) is 0 Å². The lowest BCUT2D eigenvalue weighted by Gasteiger charge is -2.09. The lowest BCUT2D eigenvalue weighted by molar-refractivity contribution is 0.555. The van der Waals surface area contributed by atoms with Gasteiger partial charge in [-0.25, -0.2) is 14.8 Å². The van der Waals surface area contributed by atoms with Crippen LogP contribution in [0.3, 0.4) is 0 Å². The number of hydrogen-bond donors (Lipinski definition) is 3. The molecule has 0 bridgehead atoms. The van der Waals surface area contributed by atoms with Gasteiger partial charge in [0, 0.05) is 37.9 Å². The number of H-pyrrole nitrogens is 1. The van der Waals surface area contributed by atoms with E-state index in [4.69, 9.17) is 5.73 Å². The third-order valence-electron chi connectivity index (χ3n) is 5.52. The van der Waals surface area contributed by atoms with Crippen LogP contribution in [0.2, 0.25) is 0 Å². The molecular weight excluding hydrogens is 418 g/mol. The van der Waals surface area contributed by atoms with Crippen molar-refractivity contribution in [1.29, 1.82) is 0 Å². The lowest BCUT2D eigenvalue weighted by atomic mass is 10.1. The first-order chi connectivity index (χ1) is 16.0. The summed E-state index contributed by atoms with van der Waals surface area (Å²) >= 11 is 0. The van der Waals surface area contributed by atoms with Gasteiger partial charge in [0.15, 0.2) is 5.65 Å². The van der Waals surface area contributed by atoms with Gasteiger partial charge in [-0.05, 0) is 36.1 Å². The van der Waals surface area contributed by atoms with Crippen LogP contribution in [0.25, 0.3) is 22.6 Å². The molecule has 1 aromatic carbocycles. The van der Waals surface area contributed by atoms with E-state index in [1.807, 2.05) is 50.2 Å². The number of imidazole rings is 1. The van der Waals surface area contributed by atoms with Gasteiger partial charge in [0.1, 0.15) is 17.2 Å². The Labute approximate surface area is 191 Å². The van der Waals surface area contributed by atoms with Crippen molar-refractivity contribution in [1.82, 2.24) is 24.1 Å². The van der Waals surface area contributed by atoms with Crippen LogP contribution in [0.5, 0.6) is 0 Å². The van der Waals surface area contributed by atoms with Crippen LogP contribution in [0.4, 0.5) is 5.82 Å². The fourth-order valence-electron chi connectivity index (χ4n) is 3.77. The fraction of sp³-hybridized carbons (Fsp3) is 0.333. The molecule has 33 heavy (non-hydrogen) atoms. The molecule has 0 amide bonds. The van der Waals surface area contributed by atoms with Gasteiger partial charge in [0.2, 0.25) is 0 Å². The van der Waals surface area contributed by atoms with Gasteiger partial charge in [-0.3, -0.25) is 13.9 Å². The highest BCUT2D eigenvalue weighted by atomic mass is 16.2. The smallest absolute Gasteiger partial charge is 0.332 e. The van der Waals surface area contributed by atoms with E-state index in [-0.39, 0.29) is 11.2 Å². The molecule has 0 spiro atoms. The van der Waals surface area contributed by atoms with Gasteiger partial charge in [-0.2, -0.15) is 0 Å². The normalized spacial score (nSPS) is 11.2. The van der Waals surface area contributed by atoms with E-state index in [1.165, 1.54) is 4.57 Å². The summed E-state index contributed by atoms with van der Waals surface area (Å²) in [7, 11) is 0. The number of nitrogens with zero attached hydrogens (tertiary/aromatic N) is 4. The van der Waals surface area contributed by atoms with Crippen LogP contribution in [-0.4, -0.2) is 24.1 Å². The minimum Gasteiger partial charge on any atom is -0.366 e. The van der Waals surface area contributed by atoms with Gasteiger partial charge in [-0.1, -0.05) is 38.1 Å². The molecule has 9 nitrogen and oxygen atoms in total. The van der Waals surface area contributed by atoms with Crippen molar-refractivity contribution in [3.05, 3.63) is 74.6 Å². The second kappa shape index (κ2) is 9.83. The Hall–Kier alpha value is -3.72. The fourth-order valence-corrected chi connectivity index (χ4v) is 3.77. The van der Waals surface area contributed by atoms with Gasteiger partial charge >= 0.3 is 5.69 Å². The molecule has 0 aliphatic carbocycles. The second-order valence-corrected chi connectivity index (χ2v) is 7.98. The average molecular weight is 448 g/mol. The number of aromatic nitrogens is 5. The molecule has 0 saturated heterocycles. The Balaban J connectivity index is 1.60. The van der Waals surface area contributed by atoms with Crippen molar-refractivity contribution < 1.29 is 0 Å². The number of pyridine rings is 1. The number of aryl methyl sites for hydroxylation is 1. The number of nitrogens with two attached hydrogens (primary N) is 1. The lowest BCUT2D eigenvalue weighted by Crippen LogP contribution is -2.40. The number of benzene rings is 1. The summed E-state index contributed by atoms with van der Waals surface area (Å²) in [5.74, 6) is 1.24. The first kappa shape index (κ1) is 22.5. The molecule has 0 aliphatic rings. The molecular formula is C24H29N7O2. The maximum Gasteiger partial charge on any atom is 0.332 e. The zero-order valence-corrected chi connectivity index (χ0v) is 19.0.